The molecule has 4 rings (SSSR count). The molecule has 0 spiro atoms. The third-order valence-electron chi connectivity index (χ3n) is 4.84. The number of nitrogens with zero attached hydrogens (tertiary/aromatic N) is 4. The van der Waals surface area contributed by atoms with Crippen LogP contribution in [0, 0.1) is 5.92 Å². The molecular weight excluding hydrogens is 330 g/mol. The summed E-state index contributed by atoms with van der Waals surface area (Å²) in [4.78, 5) is 19.3. The molecule has 1 aliphatic heterocycles. The highest BCUT2D eigenvalue weighted by molar-refractivity contribution is 5.91. The normalized spacial score (nSPS) is 18.0. The van der Waals surface area contributed by atoms with Crippen LogP contribution in [0.1, 0.15) is 54.5 Å². The van der Waals surface area contributed by atoms with Gasteiger partial charge in [-0.2, -0.15) is 5.10 Å². The van der Waals surface area contributed by atoms with Gasteiger partial charge in [0.25, 0.3) is 5.91 Å². The van der Waals surface area contributed by atoms with Gasteiger partial charge in [0, 0.05) is 36.2 Å². The number of pyridine rings is 1. The summed E-state index contributed by atoms with van der Waals surface area (Å²) in [5.74, 6) is 0.947. The Balaban J connectivity index is 1.48. The average molecular weight is 353 g/mol. The van der Waals surface area contributed by atoms with Crippen LogP contribution in [0.15, 0.2) is 28.9 Å². The summed E-state index contributed by atoms with van der Waals surface area (Å²) in [6.07, 6.45) is 4.55. The lowest BCUT2D eigenvalue weighted by Gasteiger charge is -2.31. The van der Waals surface area contributed by atoms with E-state index in [9.17, 15) is 4.79 Å². The zero-order valence-corrected chi connectivity index (χ0v) is 15.1. The molecule has 0 saturated carbocycles. The lowest BCUT2D eigenvalue weighted by molar-refractivity contribution is 0.0664. The second-order valence-corrected chi connectivity index (χ2v) is 7.41. The number of fused-ring (bicyclic) bond motifs is 1. The fourth-order valence-electron chi connectivity index (χ4n) is 3.56. The monoisotopic (exact) mass is 353 g/mol. The number of carbonyl (C=O) groups is 1. The molecule has 1 saturated heterocycles. The molecule has 0 radical (unpaired) electrons. The summed E-state index contributed by atoms with van der Waals surface area (Å²) in [5, 5.41) is 12.0. The molecule has 7 heteroatoms. The second kappa shape index (κ2) is 6.90. The van der Waals surface area contributed by atoms with E-state index in [4.69, 9.17) is 4.52 Å². The van der Waals surface area contributed by atoms with E-state index in [0.29, 0.717) is 18.2 Å². The van der Waals surface area contributed by atoms with Gasteiger partial charge in [0.05, 0.1) is 11.9 Å². The van der Waals surface area contributed by atoms with Crippen molar-refractivity contribution in [1.29, 1.82) is 0 Å². The summed E-state index contributed by atoms with van der Waals surface area (Å²) < 4.78 is 5.30. The van der Waals surface area contributed by atoms with Crippen LogP contribution >= 0.6 is 0 Å². The Labute approximate surface area is 151 Å². The Hall–Kier alpha value is -2.70. The number of carbonyl (C=O) groups excluding carboxylic acids is 1. The number of hydrogen-bond donors (Lipinski definition) is 1. The van der Waals surface area contributed by atoms with Gasteiger partial charge in [-0.05, 0) is 37.3 Å². The topological polar surface area (TPSA) is 87.9 Å². The first-order valence-electron chi connectivity index (χ1n) is 9.15. The zero-order chi connectivity index (χ0) is 18.1. The fraction of sp³-hybridized carbons (Fsp3) is 0.474. The molecule has 1 amide bonds. The van der Waals surface area contributed by atoms with Crippen LogP contribution < -0.4 is 0 Å². The summed E-state index contributed by atoms with van der Waals surface area (Å²) in [5.41, 5.74) is 2.63. The number of hydrogen-bond acceptors (Lipinski definition) is 5. The molecule has 0 aliphatic carbocycles. The first-order chi connectivity index (χ1) is 12.6. The molecule has 7 nitrogen and oxygen atoms in total. The van der Waals surface area contributed by atoms with Gasteiger partial charge in [-0.3, -0.25) is 9.89 Å². The average Bonchev–Trinajstić information content (AvgIpc) is 3.29. The van der Waals surface area contributed by atoms with Gasteiger partial charge in [0.1, 0.15) is 0 Å². The molecular formula is C19H23N5O2. The maximum absolute atomic E-state index is 12.8. The van der Waals surface area contributed by atoms with Gasteiger partial charge in [-0.25, -0.2) is 4.98 Å². The Kier molecular flexibility index (Phi) is 4.44. The maximum atomic E-state index is 12.8. The van der Waals surface area contributed by atoms with Gasteiger partial charge in [0.15, 0.2) is 5.65 Å². The molecule has 0 unspecified atom stereocenters. The van der Waals surface area contributed by atoms with Crippen LogP contribution in [0.25, 0.3) is 11.0 Å². The largest absolute Gasteiger partial charge is 0.351 e. The first-order valence-corrected chi connectivity index (χ1v) is 9.15. The van der Waals surface area contributed by atoms with Crippen LogP contribution in [-0.2, 0) is 6.42 Å². The molecule has 1 N–H and O–H groups in total. The van der Waals surface area contributed by atoms with Crippen LogP contribution in [0.3, 0.4) is 0 Å². The van der Waals surface area contributed by atoms with Gasteiger partial charge >= 0.3 is 0 Å². The van der Waals surface area contributed by atoms with Crippen molar-refractivity contribution in [3.8, 4) is 0 Å². The molecule has 0 aromatic carbocycles. The molecule has 1 aliphatic rings. The van der Waals surface area contributed by atoms with E-state index >= 15 is 0 Å². The number of rotatable bonds is 4. The van der Waals surface area contributed by atoms with Gasteiger partial charge < -0.3 is 9.42 Å². The van der Waals surface area contributed by atoms with E-state index in [1.54, 1.807) is 12.3 Å². The smallest absolute Gasteiger partial charge is 0.292 e. The van der Waals surface area contributed by atoms with Crippen LogP contribution in [0.2, 0.25) is 0 Å². The molecule has 136 valence electrons. The van der Waals surface area contributed by atoms with E-state index in [-0.39, 0.29) is 11.8 Å². The quantitative estimate of drug-likeness (QED) is 0.778. The van der Waals surface area contributed by atoms with Gasteiger partial charge in [-0.1, -0.05) is 19.0 Å². The fourth-order valence-corrected chi connectivity index (χ4v) is 3.56. The number of nitrogens with one attached hydrogen (secondary N) is 1. The predicted octanol–water partition coefficient (Wildman–Crippen LogP) is 3.16. The number of amides is 1. The predicted molar refractivity (Wildman–Crippen MR) is 96.8 cm³/mol. The van der Waals surface area contributed by atoms with E-state index in [1.807, 2.05) is 17.0 Å². The summed E-state index contributed by atoms with van der Waals surface area (Å²) in [6.45, 7) is 5.62. The van der Waals surface area contributed by atoms with Crippen molar-refractivity contribution in [2.75, 3.05) is 13.1 Å². The number of aromatic amines is 1. The van der Waals surface area contributed by atoms with Crippen LogP contribution in [0.5, 0.6) is 0 Å². The summed E-state index contributed by atoms with van der Waals surface area (Å²) >= 11 is 0. The van der Waals surface area contributed by atoms with Crippen LogP contribution in [-0.4, -0.2) is 44.2 Å². The summed E-state index contributed by atoms with van der Waals surface area (Å²) in [6, 6.07) is 5.84. The lowest BCUT2D eigenvalue weighted by atomic mass is 9.94. The lowest BCUT2D eigenvalue weighted by Crippen LogP contribution is -2.39. The third-order valence-corrected chi connectivity index (χ3v) is 4.84. The van der Waals surface area contributed by atoms with Crippen molar-refractivity contribution in [3.05, 3.63) is 41.5 Å². The minimum Gasteiger partial charge on any atom is -0.351 e. The molecule has 1 fully saturated rings. The molecule has 1 atom stereocenters. The highest BCUT2D eigenvalue weighted by atomic mass is 16.5. The molecule has 4 heterocycles. The minimum absolute atomic E-state index is 0.0835. The SMILES string of the molecule is CC(C)Cc1cc(C(=O)N2CCC[C@H](c3ccc4cn[nH]c4n3)C2)on1. The van der Waals surface area contributed by atoms with Crippen molar-refractivity contribution < 1.29 is 9.32 Å². The van der Waals surface area contributed by atoms with E-state index in [2.05, 4.69) is 34.2 Å². The minimum atomic E-state index is -0.0835. The number of H-pyrrole nitrogens is 1. The first kappa shape index (κ1) is 16.8. The molecule has 0 bridgehead atoms. The van der Waals surface area contributed by atoms with E-state index in [0.717, 1.165) is 48.2 Å². The Morgan fingerprint density at radius 1 is 1.42 bits per heavy atom. The zero-order valence-electron chi connectivity index (χ0n) is 15.1. The maximum Gasteiger partial charge on any atom is 0.292 e. The molecule has 3 aromatic rings. The van der Waals surface area contributed by atoms with Crippen molar-refractivity contribution in [3.63, 3.8) is 0 Å². The number of piperidine rings is 1. The van der Waals surface area contributed by atoms with Crippen molar-refractivity contribution >= 4 is 16.9 Å². The molecule has 3 aromatic heterocycles. The highest BCUT2D eigenvalue weighted by Crippen LogP contribution is 2.27. The van der Waals surface area contributed by atoms with Gasteiger partial charge in [0.2, 0.25) is 5.76 Å². The van der Waals surface area contributed by atoms with Gasteiger partial charge in [-0.15, -0.1) is 0 Å². The Bertz CT molecular complexity index is 913. The van der Waals surface area contributed by atoms with E-state index < -0.39 is 0 Å². The van der Waals surface area contributed by atoms with Crippen molar-refractivity contribution in [2.24, 2.45) is 5.92 Å². The summed E-state index contributed by atoms with van der Waals surface area (Å²) in [7, 11) is 0. The molecule has 26 heavy (non-hydrogen) atoms. The van der Waals surface area contributed by atoms with Crippen LogP contribution in [0.4, 0.5) is 0 Å². The third kappa shape index (κ3) is 3.34. The number of aromatic nitrogens is 4. The standard InChI is InChI=1S/C19H23N5O2/c1-12(2)8-15-9-17(26-23-15)19(25)24-7-3-4-14(11-24)16-6-5-13-10-20-22-18(13)21-16/h5-6,9-10,12,14H,3-4,7-8,11H2,1-2H3,(H,20,21,22)/t14-/m0/s1. The van der Waals surface area contributed by atoms with Crippen molar-refractivity contribution in [1.82, 2.24) is 25.2 Å². The Morgan fingerprint density at radius 2 is 2.31 bits per heavy atom. The van der Waals surface area contributed by atoms with Crippen molar-refractivity contribution in [2.45, 2.75) is 39.0 Å². The Morgan fingerprint density at radius 3 is 3.15 bits per heavy atom. The highest BCUT2D eigenvalue weighted by Gasteiger charge is 2.28. The number of likely N-dealkylation sites (tertiary alicyclic amines) is 1. The second-order valence-electron chi connectivity index (χ2n) is 7.41. The van der Waals surface area contributed by atoms with E-state index in [1.165, 1.54) is 0 Å².